The zero-order chi connectivity index (χ0) is 10.7. The smallest absolute Gasteiger partial charge is 0.149 e. The number of thiazole rings is 1. The molecule has 0 aliphatic rings. The third-order valence-electron chi connectivity index (χ3n) is 2.20. The number of nitrogens with one attached hydrogen (secondary N) is 1. The van der Waals surface area contributed by atoms with Crippen molar-refractivity contribution in [3.05, 3.63) is 28.7 Å². The van der Waals surface area contributed by atoms with Crippen molar-refractivity contribution in [3.8, 4) is 0 Å². The van der Waals surface area contributed by atoms with E-state index in [1.807, 2.05) is 23.3 Å². The molecule has 2 aromatic heterocycles. The maximum atomic E-state index is 4.05. The number of rotatable bonds is 4. The molecule has 0 spiro atoms. The van der Waals surface area contributed by atoms with Crippen LogP contribution in [0.25, 0.3) is 0 Å². The van der Waals surface area contributed by atoms with Gasteiger partial charge in [-0.3, -0.25) is 4.98 Å². The SMILES string of the molecule is CC(NCc1cncs1)c1nncn1C. The van der Waals surface area contributed by atoms with E-state index >= 15 is 0 Å². The minimum absolute atomic E-state index is 0.194. The first-order valence-corrected chi connectivity index (χ1v) is 5.60. The molecule has 0 aliphatic carbocycles. The highest BCUT2D eigenvalue weighted by Gasteiger charge is 2.10. The summed E-state index contributed by atoms with van der Waals surface area (Å²) in [5, 5.41) is 11.3. The van der Waals surface area contributed by atoms with Gasteiger partial charge in [0, 0.05) is 24.7 Å². The lowest BCUT2D eigenvalue weighted by atomic mass is 10.3. The predicted octanol–water partition coefficient (Wildman–Crippen LogP) is 1.12. The molecule has 0 aromatic carbocycles. The average molecular weight is 223 g/mol. The second-order valence-corrected chi connectivity index (χ2v) is 4.34. The van der Waals surface area contributed by atoms with Gasteiger partial charge in [-0.25, -0.2) is 0 Å². The van der Waals surface area contributed by atoms with Crippen LogP contribution in [0.4, 0.5) is 0 Å². The molecule has 2 heterocycles. The van der Waals surface area contributed by atoms with Crippen LogP contribution >= 0.6 is 11.3 Å². The van der Waals surface area contributed by atoms with Crippen LogP contribution in [-0.2, 0) is 13.6 Å². The van der Waals surface area contributed by atoms with Gasteiger partial charge in [-0.05, 0) is 6.92 Å². The third-order valence-corrected chi connectivity index (χ3v) is 2.98. The molecular formula is C9H13N5S. The van der Waals surface area contributed by atoms with E-state index < -0.39 is 0 Å². The summed E-state index contributed by atoms with van der Waals surface area (Å²) in [6, 6.07) is 0.194. The van der Waals surface area contributed by atoms with Crippen molar-refractivity contribution in [2.75, 3.05) is 0 Å². The average Bonchev–Trinajstić information content (AvgIpc) is 2.84. The van der Waals surface area contributed by atoms with E-state index in [2.05, 4.69) is 27.4 Å². The molecule has 0 radical (unpaired) electrons. The Labute approximate surface area is 92.2 Å². The maximum absolute atomic E-state index is 4.05. The summed E-state index contributed by atoms with van der Waals surface area (Å²) in [6.45, 7) is 2.89. The first-order valence-electron chi connectivity index (χ1n) is 4.72. The lowest BCUT2D eigenvalue weighted by molar-refractivity contribution is 0.531. The minimum Gasteiger partial charge on any atom is -0.319 e. The molecule has 1 N–H and O–H groups in total. The standard InChI is InChI=1S/C9H13N5S/c1-7(9-13-12-5-14(9)2)11-4-8-3-10-6-15-8/h3,5-7,11H,4H2,1-2H3. The van der Waals surface area contributed by atoms with E-state index in [1.165, 1.54) is 4.88 Å². The number of hydrogen-bond donors (Lipinski definition) is 1. The fourth-order valence-corrected chi connectivity index (χ4v) is 1.90. The van der Waals surface area contributed by atoms with Gasteiger partial charge in [0.15, 0.2) is 0 Å². The fourth-order valence-electron chi connectivity index (χ4n) is 1.36. The largest absolute Gasteiger partial charge is 0.319 e. The van der Waals surface area contributed by atoms with Gasteiger partial charge in [0.05, 0.1) is 11.6 Å². The molecule has 0 saturated heterocycles. The first-order chi connectivity index (χ1) is 7.27. The Morgan fingerprint density at radius 1 is 1.60 bits per heavy atom. The summed E-state index contributed by atoms with van der Waals surface area (Å²) in [7, 11) is 1.94. The Hall–Kier alpha value is -1.27. The van der Waals surface area contributed by atoms with Crippen LogP contribution in [0.15, 0.2) is 18.0 Å². The molecule has 0 saturated carbocycles. The van der Waals surface area contributed by atoms with Crippen LogP contribution < -0.4 is 5.32 Å². The molecule has 5 nitrogen and oxygen atoms in total. The van der Waals surface area contributed by atoms with Gasteiger partial charge >= 0.3 is 0 Å². The molecular weight excluding hydrogens is 210 g/mol. The van der Waals surface area contributed by atoms with Crippen molar-refractivity contribution in [3.63, 3.8) is 0 Å². The van der Waals surface area contributed by atoms with E-state index in [0.29, 0.717) is 0 Å². The summed E-state index contributed by atoms with van der Waals surface area (Å²) < 4.78 is 1.92. The van der Waals surface area contributed by atoms with Crippen LogP contribution in [0.5, 0.6) is 0 Å². The van der Waals surface area contributed by atoms with Crippen molar-refractivity contribution >= 4 is 11.3 Å². The van der Waals surface area contributed by atoms with Crippen LogP contribution in [-0.4, -0.2) is 19.7 Å². The van der Waals surface area contributed by atoms with Crippen molar-refractivity contribution in [2.24, 2.45) is 7.05 Å². The molecule has 0 aliphatic heterocycles. The molecule has 6 heteroatoms. The Balaban J connectivity index is 1.93. The van der Waals surface area contributed by atoms with Gasteiger partial charge in [0.25, 0.3) is 0 Å². The van der Waals surface area contributed by atoms with Gasteiger partial charge < -0.3 is 9.88 Å². The van der Waals surface area contributed by atoms with Crippen LogP contribution in [0, 0.1) is 0 Å². The Morgan fingerprint density at radius 3 is 3.07 bits per heavy atom. The summed E-state index contributed by atoms with van der Waals surface area (Å²) >= 11 is 1.65. The molecule has 80 valence electrons. The quantitative estimate of drug-likeness (QED) is 0.844. The van der Waals surface area contributed by atoms with E-state index in [9.17, 15) is 0 Å². The van der Waals surface area contributed by atoms with E-state index in [4.69, 9.17) is 0 Å². The van der Waals surface area contributed by atoms with Gasteiger partial charge in [-0.15, -0.1) is 21.5 Å². The van der Waals surface area contributed by atoms with Gasteiger partial charge in [-0.1, -0.05) is 0 Å². The maximum Gasteiger partial charge on any atom is 0.149 e. The normalized spacial score (nSPS) is 12.9. The summed E-state index contributed by atoms with van der Waals surface area (Å²) in [4.78, 5) is 5.25. The number of nitrogens with zero attached hydrogens (tertiary/aromatic N) is 4. The number of hydrogen-bond acceptors (Lipinski definition) is 5. The van der Waals surface area contributed by atoms with Crippen molar-refractivity contribution in [1.82, 2.24) is 25.1 Å². The van der Waals surface area contributed by atoms with Crippen molar-refractivity contribution in [2.45, 2.75) is 19.5 Å². The molecule has 2 rings (SSSR count). The predicted molar refractivity (Wildman–Crippen MR) is 58.4 cm³/mol. The number of aromatic nitrogens is 4. The summed E-state index contributed by atoms with van der Waals surface area (Å²) in [5.41, 5.74) is 1.84. The van der Waals surface area contributed by atoms with Crippen LogP contribution in [0.3, 0.4) is 0 Å². The lowest BCUT2D eigenvalue weighted by Crippen LogP contribution is -2.20. The lowest BCUT2D eigenvalue weighted by Gasteiger charge is -2.11. The molecule has 15 heavy (non-hydrogen) atoms. The van der Waals surface area contributed by atoms with Gasteiger partial charge in [0.1, 0.15) is 12.2 Å². The monoisotopic (exact) mass is 223 g/mol. The first kappa shape index (κ1) is 10.3. The van der Waals surface area contributed by atoms with Gasteiger partial charge in [0.2, 0.25) is 0 Å². The Kier molecular flexibility index (Phi) is 3.08. The van der Waals surface area contributed by atoms with E-state index in [0.717, 1.165) is 12.4 Å². The van der Waals surface area contributed by atoms with Crippen molar-refractivity contribution < 1.29 is 0 Å². The van der Waals surface area contributed by atoms with Crippen molar-refractivity contribution in [1.29, 1.82) is 0 Å². The summed E-state index contributed by atoms with van der Waals surface area (Å²) in [5.74, 6) is 0.944. The fraction of sp³-hybridized carbons (Fsp3) is 0.444. The Morgan fingerprint density at radius 2 is 2.47 bits per heavy atom. The molecule has 2 aromatic rings. The molecule has 0 bridgehead atoms. The number of aryl methyl sites for hydroxylation is 1. The molecule has 0 fully saturated rings. The highest BCUT2D eigenvalue weighted by atomic mass is 32.1. The minimum atomic E-state index is 0.194. The molecule has 1 atom stereocenters. The molecule has 1 unspecified atom stereocenters. The van der Waals surface area contributed by atoms with Gasteiger partial charge in [-0.2, -0.15) is 0 Å². The zero-order valence-corrected chi connectivity index (χ0v) is 9.53. The highest BCUT2D eigenvalue weighted by Crippen LogP contribution is 2.10. The van der Waals surface area contributed by atoms with E-state index in [-0.39, 0.29) is 6.04 Å². The van der Waals surface area contributed by atoms with Crippen LogP contribution in [0.2, 0.25) is 0 Å². The highest BCUT2D eigenvalue weighted by molar-refractivity contribution is 7.09. The third kappa shape index (κ3) is 2.40. The topological polar surface area (TPSA) is 55.6 Å². The second kappa shape index (κ2) is 4.50. The molecule has 0 amide bonds. The summed E-state index contributed by atoms with van der Waals surface area (Å²) in [6.07, 6.45) is 3.58. The second-order valence-electron chi connectivity index (χ2n) is 3.37. The van der Waals surface area contributed by atoms with Crippen LogP contribution in [0.1, 0.15) is 23.7 Å². The van der Waals surface area contributed by atoms with E-state index in [1.54, 1.807) is 17.7 Å². The zero-order valence-electron chi connectivity index (χ0n) is 8.71. The Bertz CT molecular complexity index is 408.